The molecular weight excluding hydrogens is 464 g/mol. The van der Waals surface area contributed by atoms with E-state index in [2.05, 4.69) is 0 Å². The van der Waals surface area contributed by atoms with Crippen LogP contribution >= 0.6 is 0 Å². The van der Waals surface area contributed by atoms with Crippen LogP contribution in [0.4, 0.5) is 0 Å². The highest BCUT2D eigenvalue weighted by Crippen LogP contribution is 2.39. The van der Waals surface area contributed by atoms with E-state index < -0.39 is 5.43 Å². The van der Waals surface area contributed by atoms with Crippen LogP contribution in [0.3, 0.4) is 0 Å². The van der Waals surface area contributed by atoms with Crippen molar-refractivity contribution in [2.75, 3.05) is 60.0 Å². The molecule has 0 saturated carbocycles. The van der Waals surface area contributed by atoms with Crippen molar-refractivity contribution in [2.45, 2.75) is 0 Å². The van der Waals surface area contributed by atoms with Crippen molar-refractivity contribution in [1.29, 1.82) is 0 Å². The number of methoxy groups -OCH3 is 1. The smallest absolute Gasteiger partial charge is 0.239 e. The van der Waals surface area contributed by atoms with E-state index in [9.17, 15) is 9.90 Å². The van der Waals surface area contributed by atoms with E-state index in [4.69, 9.17) is 43.4 Å². The van der Waals surface area contributed by atoms with Crippen LogP contribution in [0.25, 0.3) is 22.3 Å². The maximum absolute atomic E-state index is 13.5. The van der Waals surface area contributed by atoms with Crippen LogP contribution in [-0.2, 0) is 0 Å². The third kappa shape index (κ3) is 6.14. The van der Waals surface area contributed by atoms with Crippen molar-refractivity contribution >= 4 is 11.0 Å². The molecule has 35 heavy (non-hydrogen) atoms. The standard InChI is InChI=1S/C24H28O11/c1-30-19-13-16(31-8-4-25)14-20-21(19)22(29)24(34-11-7-28)23(35-20)15-2-3-17(32-9-5-26)18(12-15)33-10-6-27/h2-3,12-14,25-28H,4-11H2,1H3. The number of hydrogen-bond donors (Lipinski definition) is 4. The number of ether oxygens (including phenoxy) is 5. The minimum Gasteiger partial charge on any atom is -0.496 e. The Bertz CT molecular complexity index is 1170. The molecule has 0 amide bonds. The summed E-state index contributed by atoms with van der Waals surface area (Å²) in [5.74, 6) is 0.980. The predicted octanol–water partition coefficient (Wildman–Crippen LogP) is 0.953. The monoisotopic (exact) mass is 492 g/mol. The van der Waals surface area contributed by atoms with E-state index in [1.165, 1.54) is 19.2 Å². The Morgan fingerprint density at radius 1 is 0.743 bits per heavy atom. The molecule has 0 bridgehead atoms. The van der Waals surface area contributed by atoms with Gasteiger partial charge in [-0.2, -0.15) is 0 Å². The summed E-state index contributed by atoms with van der Waals surface area (Å²) in [6.07, 6.45) is 0. The maximum atomic E-state index is 13.5. The number of fused-ring (bicyclic) bond motifs is 1. The van der Waals surface area contributed by atoms with Gasteiger partial charge in [0.25, 0.3) is 0 Å². The third-order valence-corrected chi connectivity index (χ3v) is 4.71. The summed E-state index contributed by atoms with van der Waals surface area (Å²) >= 11 is 0. The lowest BCUT2D eigenvalue weighted by molar-refractivity contribution is 0.178. The van der Waals surface area contributed by atoms with E-state index in [0.717, 1.165) is 0 Å². The van der Waals surface area contributed by atoms with Crippen molar-refractivity contribution < 1.29 is 48.5 Å². The molecule has 0 aliphatic heterocycles. The van der Waals surface area contributed by atoms with Gasteiger partial charge in [-0.3, -0.25) is 4.79 Å². The average Bonchev–Trinajstić information content (AvgIpc) is 2.88. The van der Waals surface area contributed by atoms with Crippen LogP contribution in [0.5, 0.6) is 28.7 Å². The fourth-order valence-electron chi connectivity index (χ4n) is 3.31. The maximum Gasteiger partial charge on any atom is 0.239 e. The fraction of sp³-hybridized carbons (Fsp3) is 0.375. The van der Waals surface area contributed by atoms with Gasteiger partial charge in [0.2, 0.25) is 11.2 Å². The summed E-state index contributed by atoms with van der Waals surface area (Å²) in [6.45, 7) is -1.10. The first-order valence-corrected chi connectivity index (χ1v) is 10.9. The molecule has 4 N–H and O–H groups in total. The molecule has 1 aromatic heterocycles. The molecule has 0 fully saturated rings. The van der Waals surface area contributed by atoms with Crippen molar-refractivity contribution in [3.8, 4) is 40.1 Å². The lowest BCUT2D eigenvalue weighted by atomic mass is 10.1. The van der Waals surface area contributed by atoms with Gasteiger partial charge in [-0.05, 0) is 18.2 Å². The van der Waals surface area contributed by atoms with Crippen LogP contribution in [0.2, 0.25) is 0 Å². The summed E-state index contributed by atoms with van der Waals surface area (Å²) in [6, 6.07) is 7.72. The number of benzene rings is 2. The Hall–Kier alpha value is -3.51. The first-order valence-electron chi connectivity index (χ1n) is 10.9. The zero-order chi connectivity index (χ0) is 25.2. The second kappa shape index (κ2) is 12.8. The van der Waals surface area contributed by atoms with Crippen LogP contribution in [-0.4, -0.2) is 80.4 Å². The summed E-state index contributed by atoms with van der Waals surface area (Å²) in [5, 5.41) is 36.7. The molecule has 2 aromatic carbocycles. The van der Waals surface area contributed by atoms with Crippen molar-refractivity contribution in [3.05, 3.63) is 40.6 Å². The quantitative estimate of drug-likeness (QED) is 0.254. The molecule has 0 radical (unpaired) electrons. The summed E-state index contributed by atoms with van der Waals surface area (Å²) in [5.41, 5.74) is 0.00707. The van der Waals surface area contributed by atoms with E-state index in [1.54, 1.807) is 18.2 Å². The summed E-state index contributed by atoms with van der Waals surface area (Å²) in [4.78, 5) is 13.5. The molecule has 11 nitrogen and oxygen atoms in total. The van der Waals surface area contributed by atoms with Gasteiger partial charge in [0, 0.05) is 17.7 Å². The molecule has 0 unspecified atom stereocenters. The minimum atomic E-state index is -0.529. The zero-order valence-electron chi connectivity index (χ0n) is 19.2. The van der Waals surface area contributed by atoms with E-state index in [0.29, 0.717) is 17.1 Å². The minimum absolute atomic E-state index is 0.0166. The lowest BCUT2D eigenvalue weighted by Gasteiger charge is -2.16. The first kappa shape index (κ1) is 26.1. The highest BCUT2D eigenvalue weighted by molar-refractivity contribution is 5.88. The molecule has 11 heteroatoms. The normalized spacial score (nSPS) is 10.9. The fourth-order valence-corrected chi connectivity index (χ4v) is 3.31. The summed E-state index contributed by atoms with van der Waals surface area (Å²) in [7, 11) is 1.39. The molecule has 1 heterocycles. The summed E-state index contributed by atoms with van der Waals surface area (Å²) < 4.78 is 33.5. The number of hydrogen-bond acceptors (Lipinski definition) is 11. The molecule has 3 rings (SSSR count). The van der Waals surface area contributed by atoms with E-state index >= 15 is 0 Å². The molecule has 0 aliphatic rings. The van der Waals surface area contributed by atoms with Crippen LogP contribution in [0.15, 0.2) is 39.5 Å². The molecule has 0 aliphatic carbocycles. The molecule has 3 aromatic rings. The highest BCUT2D eigenvalue weighted by atomic mass is 16.5. The van der Waals surface area contributed by atoms with Gasteiger partial charge in [0.05, 0.1) is 33.5 Å². The predicted molar refractivity (Wildman–Crippen MR) is 125 cm³/mol. The van der Waals surface area contributed by atoms with E-state index in [1.807, 2.05) is 0 Å². The van der Waals surface area contributed by atoms with Crippen molar-refractivity contribution in [1.82, 2.24) is 0 Å². The highest BCUT2D eigenvalue weighted by Gasteiger charge is 2.23. The van der Waals surface area contributed by atoms with Gasteiger partial charge in [-0.15, -0.1) is 0 Å². The van der Waals surface area contributed by atoms with Crippen molar-refractivity contribution in [3.63, 3.8) is 0 Å². The Labute approximate surface area is 200 Å². The van der Waals surface area contributed by atoms with Crippen LogP contribution in [0.1, 0.15) is 0 Å². The second-order valence-electron chi connectivity index (χ2n) is 7.04. The molecule has 0 atom stereocenters. The van der Waals surface area contributed by atoms with Gasteiger partial charge < -0.3 is 48.5 Å². The molecule has 0 saturated heterocycles. The average molecular weight is 492 g/mol. The molecular formula is C24H28O11. The van der Waals surface area contributed by atoms with Gasteiger partial charge in [-0.25, -0.2) is 0 Å². The zero-order valence-corrected chi connectivity index (χ0v) is 19.2. The van der Waals surface area contributed by atoms with E-state index in [-0.39, 0.29) is 86.8 Å². The largest absolute Gasteiger partial charge is 0.496 e. The van der Waals surface area contributed by atoms with Gasteiger partial charge in [0.1, 0.15) is 48.9 Å². The third-order valence-electron chi connectivity index (χ3n) is 4.71. The topological polar surface area (TPSA) is 157 Å². The second-order valence-corrected chi connectivity index (χ2v) is 7.04. The van der Waals surface area contributed by atoms with Gasteiger partial charge in [-0.1, -0.05) is 0 Å². The SMILES string of the molecule is COc1cc(OCCO)cc2oc(-c3ccc(OCCO)c(OCCO)c3)c(OCCO)c(=O)c12. The van der Waals surface area contributed by atoms with Gasteiger partial charge in [0.15, 0.2) is 17.3 Å². The lowest BCUT2D eigenvalue weighted by Crippen LogP contribution is -2.14. The van der Waals surface area contributed by atoms with Crippen LogP contribution in [0, 0.1) is 0 Å². The molecule has 190 valence electrons. The number of rotatable bonds is 14. The Morgan fingerprint density at radius 3 is 2.03 bits per heavy atom. The Kier molecular flexibility index (Phi) is 9.56. The number of aliphatic hydroxyl groups excluding tert-OH is 4. The molecule has 0 spiro atoms. The van der Waals surface area contributed by atoms with Crippen LogP contribution < -0.4 is 29.1 Å². The number of aliphatic hydroxyl groups is 4. The first-order chi connectivity index (χ1) is 17.1. The Morgan fingerprint density at radius 2 is 1.37 bits per heavy atom. The Balaban J connectivity index is 2.22. The van der Waals surface area contributed by atoms with Gasteiger partial charge >= 0.3 is 0 Å². The van der Waals surface area contributed by atoms with Crippen molar-refractivity contribution in [2.24, 2.45) is 0 Å².